The van der Waals surface area contributed by atoms with Gasteiger partial charge < -0.3 is 20.1 Å². The van der Waals surface area contributed by atoms with Crippen LogP contribution in [0.2, 0.25) is 0 Å². The number of amides is 2. The number of nitrogens with one attached hydrogen (secondary N) is 2. The summed E-state index contributed by atoms with van der Waals surface area (Å²) in [6.07, 6.45) is 4.45. The molecule has 3 rings (SSSR count). The van der Waals surface area contributed by atoms with Crippen LogP contribution in [0.5, 0.6) is 0 Å². The van der Waals surface area contributed by atoms with Crippen LogP contribution in [0, 0.1) is 0 Å². The van der Waals surface area contributed by atoms with Crippen LogP contribution in [0.15, 0.2) is 24.4 Å². The van der Waals surface area contributed by atoms with Gasteiger partial charge in [0.25, 0.3) is 11.8 Å². The molecule has 1 atom stereocenters. The third kappa shape index (κ3) is 4.20. The Morgan fingerprint density at radius 3 is 3.00 bits per heavy atom. The molecule has 2 aromatic heterocycles. The van der Waals surface area contributed by atoms with Gasteiger partial charge >= 0.3 is 0 Å². The molecule has 8 nitrogen and oxygen atoms in total. The van der Waals surface area contributed by atoms with E-state index in [2.05, 4.69) is 15.6 Å². The summed E-state index contributed by atoms with van der Waals surface area (Å²) in [6, 6.07) is 5.38. The molecule has 1 aliphatic heterocycles. The third-order valence-electron chi connectivity index (χ3n) is 4.29. The number of ether oxygens (including phenoxy) is 2. The van der Waals surface area contributed by atoms with Crippen molar-refractivity contribution in [2.24, 2.45) is 0 Å². The van der Waals surface area contributed by atoms with E-state index in [1.54, 1.807) is 29.8 Å². The van der Waals surface area contributed by atoms with E-state index < -0.39 is 0 Å². The Bertz CT molecular complexity index is 768. The summed E-state index contributed by atoms with van der Waals surface area (Å²) < 4.78 is 12.1. The van der Waals surface area contributed by atoms with Gasteiger partial charge in [0.05, 0.1) is 11.6 Å². The standard InChI is InChI=1S/C18H24N4O4/c1-25-10-5-8-19-18(24)16-21-15(14-7-2-3-9-22(14)16)17(23)20-12-13-6-4-11-26-13/h2-3,7,9,13H,4-6,8,10-12H2,1H3,(H,19,24)(H,20,23). The Morgan fingerprint density at radius 1 is 1.35 bits per heavy atom. The van der Waals surface area contributed by atoms with Crippen molar-refractivity contribution in [1.82, 2.24) is 20.0 Å². The van der Waals surface area contributed by atoms with Crippen molar-refractivity contribution in [2.75, 3.05) is 33.4 Å². The minimum atomic E-state index is -0.319. The first-order chi connectivity index (χ1) is 12.7. The predicted octanol–water partition coefficient (Wildman–Crippen LogP) is 1.01. The second-order valence-electron chi connectivity index (χ2n) is 6.19. The number of fused-ring (bicyclic) bond motifs is 1. The van der Waals surface area contributed by atoms with Gasteiger partial charge in [-0.05, 0) is 31.4 Å². The zero-order valence-electron chi connectivity index (χ0n) is 14.9. The van der Waals surface area contributed by atoms with Gasteiger partial charge in [0.1, 0.15) is 0 Å². The van der Waals surface area contributed by atoms with Gasteiger partial charge in [-0.15, -0.1) is 0 Å². The van der Waals surface area contributed by atoms with Crippen molar-refractivity contribution < 1.29 is 19.1 Å². The summed E-state index contributed by atoms with van der Waals surface area (Å²) in [4.78, 5) is 29.3. The van der Waals surface area contributed by atoms with E-state index in [0.29, 0.717) is 31.6 Å². The molecule has 1 aliphatic rings. The van der Waals surface area contributed by atoms with Crippen LogP contribution >= 0.6 is 0 Å². The molecule has 2 aromatic rings. The average molecular weight is 360 g/mol. The first-order valence-corrected chi connectivity index (χ1v) is 8.84. The van der Waals surface area contributed by atoms with Gasteiger partial charge in [-0.2, -0.15) is 0 Å². The largest absolute Gasteiger partial charge is 0.385 e. The van der Waals surface area contributed by atoms with Crippen molar-refractivity contribution in [3.05, 3.63) is 35.9 Å². The van der Waals surface area contributed by atoms with Gasteiger partial charge in [0.2, 0.25) is 5.82 Å². The fourth-order valence-electron chi connectivity index (χ4n) is 2.96. The number of carbonyl (C=O) groups excluding carboxylic acids is 2. The highest BCUT2D eigenvalue weighted by Gasteiger charge is 2.22. The highest BCUT2D eigenvalue weighted by molar-refractivity contribution is 6.02. The maximum absolute atomic E-state index is 12.6. The molecular formula is C18H24N4O4. The minimum Gasteiger partial charge on any atom is -0.385 e. The predicted molar refractivity (Wildman–Crippen MR) is 95.3 cm³/mol. The maximum atomic E-state index is 12.6. The summed E-state index contributed by atoms with van der Waals surface area (Å²) in [7, 11) is 1.62. The van der Waals surface area contributed by atoms with E-state index >= 15 is 0 Å². The molecule has 0 radical (unpaired) electrons. The Hall–Kier alpha value is -2.45. The van der Waals surface area contributed by atoms with Gasteiger partial charge in [-0.1, -0.05) is 6.07 Å². The number of rotatable bonds is 8. The molecule has 2 N–H and O–H groups in total. The zero-order chi connectivity index (χ0) is 18.4. The monoisotopic (exact) mass is 360 g/mol. The molecule has 0 spiro atoms. The second-order valence-corrected chi connectivity index (χ2v) is 6.19. The van der Waals surface area contributed by atoms with Crippen molar-refractivity contribution in [3.8, 4) is 0 Å². The Balaban J connectivity index is 1.73. The molecule has 26 heavy (non-hydrogen) atoms. The third-order valence-corrected chi connectivity index (χ3v) is 4.29. The SMILES string of the molecule is COCCCNC(=O)c1nc(C(=O)NCC2CCCO2)c2ccccn12. The van der Waals surface area contributed by atoms with Crippen LogP contribution in [-0.4, -0.2) is 60.7 Å². The van der Waals surface area contributed by atoms with Crippen LogP contribution in [0.4, 0.5) is 0 Å². The van der Waals surface area contributed by atoms with Gasteiger partial charge in [-0.25, -0.2) is 4.98 Å². The van der Waals surface area contributed by atoms with Crippen LogP contribution in [0.25, 0.3) is 5.52 Å². The smallest absolute Gasteiger partial charge is 0.287 e. The van der Waals surface area contributed by atoms with Crippen LogP contribution in [0.3, 0.4) is 0 Å². The molecule has 0 aromatic carbocycles. The summed E-state index contributed by atoms with van der Waals surface area (Å²) >= 11 is 0. The number of nitrogens with zero attached hydrogens (tertiary/aromatic N) is 2. The topological polar surface area (TPSA) is 94.0 Å². The zero-order valence-corrected chi connectivity index (χ0v) is 14.9. The minimum absolute atomic E-state index is 0.0522. The van der Waals surface area contributed by atoms with E-state index in [4.69, 9.17) is 9.47 Å². The molecule has 2 amide bonds. The molecule has 0 bridgehead atoms. The lowest BCUT2D eigenvalue weighted by molar-refractivity contribution is 0.0855. The van der Waals surface area contributed by atoms with Crippen LogP contribution in [-0.2, 0) is 9.47 Å². The van der Waals surface area contributed by atoms with Crippen molar-refractivity contribution in [3.63, 3.8) is 0 Å². The fraction of sp³-hybridized carbons (Fsp3) is 0.500. The van der Waals surface area contributed by atoms with E-state index in [-0.39, 0.29) is 29.4 Å². The average Bonchev–Trinajstić information content (AvgIpc) is 3.31. The Morgan fingerprint density at radius 2 is 2.23 bits per heavy atom. The number of hydrogen-bond acceptors (Lipinski definition) is 5. The van der Waals surface area contributed by atoms with E-state index in [1.807, 2.05) is 6.07 Å². The molecule has 3 heterocycles. The second kappa shape index (κ2) is 8.77. The van der Waals surface area contributed by atoms with E-state index in [9.17, 15) is 9.59 Å². The normalized spacial score (nSPS) is 16.7. The first-order valence-electron chi connectivity index (χ1n) is 8.84. The quantitative estimate of drug-likeness (QED) is 0.685. The number of pyridine rings is 1. The van der Waals surface area contributed by atoms with Gasteiger partial charge in [0.15, 0.2) is 5.69 Å². The summed E-state index contributed by atoms with van der Waals surface area (Å²) in [5.74, 6) is -0.427. The lowest BCUT2D eigenvalue weighted by atomic mass is 10.2. The Kier molecular flexibility index (Phi) is 6.19. The van der Waals surface area contributed by atoms with Crippen LogP contribution < -0.4 is 10.6 Å². The molecule has 1 saturated heterocycles. The van der Waals surface area contributed by atoms with Crippen molar-refractivity contribution >= 4 is 17.3 Å². The first kappa shape index (κ1) is 18.3. The van der Waals surface area contributed by atoms with Gasteiger partial charge in [-0.3, -0.25) is 14.0 Å². The van der Waals surface area contributed by atoms with Crippen molar-refractivity contribution in [1.29, 1.82) is 0 Å². The van der Waals surface area contributed by atoms with E-state index in [0.717, 1.165) is 19.4 Å². The van der Waals surface area contributed by atoms with Crippen LogP contribution in [0.1, 0.15) is 40.4 Å². The lowest BCUT2D eigenvalue weighted by Crippen LogP contribution is -2.32. The highest BCUT2D eigenvalue weighted by Crippen LogP contribution is 2.14. The maximum Gasteiger partial charge on any atom is 0.287 e. The number of carbonyl (C=O) groups is 2. The molecule has 8 heteroatoms. The van der Waals surface area contributed by atoms with E-state index in [1.165, 1.54) is 0 Å². The summed E-state index contributed by atoms with van der Waals surface area (Å²) in [5.41, 5.74) is 0.838. The molecular weight excluding hydrogens is 336 g/mol. The lowest BCUT2D eigenvalue weighted by Gasteiger charge is -2.09. The number of imidazole rings is 1. The van der Waals surface area contributed by atoms with Crippen molar-refractivity contribution in [2.45, 2.75) is 25.4 Å². The molecule has 1 fully saturated rings. The number of methoxy groups -OCH3 is 1. The molecule has 140 valence electrons. The van der Waals surface area contributed by atoms with Gasteiger partial charge in [0, 0.05) is 39.6 Å². The molecule has 0 aliphatic carbocycles. The summed E-state index contributed by atoms with van der Waals surface area (Å²) in [5, 5.41) is 5.66. The number of hydrogen-bond donors (Lipinski definition) is 2. The Labute approximate surface area is 151 Å². The summed E-state index contributed by atoms with van der Waals surface area (Å²) in [6.45, 7) is 2.24. The molecule has 0 saturated carbocycles. The molecule has 1 unspecified atom stereocenters. The highest BCUT2D eigenvalue weighted by atomic mass is 16.5. The number of aromatic nitrogens is 2. The fourth-order valence-corrected chi connectivity index (χ4v) is 2.96.